The second kappa shape index (κ2) is 5.38. The fourth-order valence-electron chi connectivity index (χ4n) is 2.22. The standard InChI is InChI=1S/C13H14ClFN2O3/c14-9-3-2-8(6-10(9)15)11(18)17-5-1-4-13(20,7-17)12(16)19/h2-3,6,20H,1,4-5,7H2,(H2,16,19). The van der Waals surface area contributed by atoms with Crippen molar-refractivity contribution < 1.29 is 19.1 Å². The van der Waals surface area contributed by atoms with E-state index < -0.39 is 23.2 Å². The molecule has 1 unspecified atom stereocenters. The van der Waals surface area contributed by atoms with Gasteiger partial charge in [0, 0.05) is 12.1 Å². The van der Waals surface area contributed by atoms with Crippen LogP contribution >= 0.6 is 11.6 Å². The number of β-amino-alcohol motifs (C(OH)–C–C–N with tert-alkyl or cyclic N) is 1. The number of carbonyl (C=O) groups is 2. The SMILES string of the molecule is NC(=O)C1(O)CCCN(C(=O)c2ccc(Cl)c(F)c2)C1. The van der Waals surface area contributed by atoms with Crippen LogP contribution in [0.15, 0.2) is 18.2 Å². The Labute approximate surface area is 120 Å². The predicted octanol–water partition coefficient (Wildman–Crippen LogP) is 0.931. The van der Waals surface area contributed by atoms with E-state index in [0.717, 1.165) is 6.07 Å². The third-order valence-corrected chi connectivity index (χ3v) is 3.69. The topological polar surface area (TPSA) is 83.6 Å². The average Bonchev–Trinajstić information content (AvgIpc) is 2.41. The number of nitrogens with zero attached hydrogens (tertiary/aromatic N) is 1. The number of rotatable bonds is 2. The van der Waals surface area contributed by atoms with Gasteiger partial charge < -0.3 is 15.7 Å². The summed E-state index contributed by atoms with van der Waals surface area (Å²) in [5, 5.41) is 9.97. The lowest BCUT2D eigenvalue weighted by molar-refractivity contribution is -0.140. The zero-order valence-corrected chi connectivity index (χ0v) is 11.4. The molecule has 5 nitrogen and oxygen atoms in total. The van der Waals surface area contributed by atoms with E-state index in [1.54, 1.807) is 0 Å². The smallest absolute Gasteiger partial charge is 0.254 e. The van der Waals surface area contributed by atoms with E-state index in [1.165, 1.54) is 17.0 Å². The van der Waals surface area contributed by atoms with Crippen molar-refractivity contribution in [1.82, 2.24) is 4.90 Å². The van der Waals surface area contributed by atoms with Gasteiger partial charge in [-0.25, -0.2) is 4.39 Å². The first-order valence-electron chi connectivity index (χ1n) is 6.10. The Bertz CT molecular complexity index is 567. The predicted molar refractivity (Wildman–Crippen MR) is 70.7 cm³/mol. The minimum absolute atomic E-state index is 0.0752. The molecule has 0 saturated carbocycles. The third kappa shape index (κ3) is 2.76. The molecule has 1 heterocycles. The number of halogens is 2. The second-order valence-corrected chi connectivity index (χ2v) is 5.26. The highest BCUT2D eigenvalue weighted by atomic mass is 35.5. The largest absolute Gasteiger partial charge is 0.378 e. The Morgan fingerprint density at radius 1 is 1.45 bits per heavy atom. The van der Waals surface area contributed by atoms with Gasteiger partial charge >= 0.3 is 0 Å². The Hall–Kier alpha value is -1.66. The van der Waals surface area contributed by atoms with Crippen molar-refractivity contribution in [3.63, 3.8) is 0 Å². The number of hydrogen-bond donors (Lipinski definition) is 2. The zero-order chi connectivity index (χ0) is 14.9. The number of aliphatic hydroxyl groups is 1. The number of hydrogen-bond acceptors (Lipinski definition) is 3. The number of nitrogens with two attached hydrogens (primary N) is 1. The minimum Gasteiger partial charge on any atom is -0.378 e. The van der Waals surface area contributed by atoms with Crippen LogP contribution < -0.4 is 5.73 Å². The summed E-state index contributed by atoms with van der Waals surface area (Å²) in [6, 6.07) is 3.71. The van der Waals surface area contributed by atoms with Gasteiger partial charge in [0.2, 0.25) is 0 Å². The van der Waals surface area contributed by atoms with Gasteiger partial charge in [-0.2, -0.15) is 0 Å². The van der Waals surface area contributed by atoms with Gasteiger partial charge in [-0.1, -0.05) is 11.6 Å². The lowest BCUT2D eigenvalue weighted by Gasteiger charge is -2.37. The van der Waals surface area contributed by atoms with E-state index in [-0.39, 0.29) is 23.6 Å². The summed E-state index contributed by atoms with van der Waals surface area (Å²) in [5.74, 6) is -2.03. The molecule has 108 valence electrons. The second-order valence-electron chi connectivity index (χ2n) is 4.85. The molecule has 2 rings (SSSR count). The molecule has 0 spiro atoms. The summed E-state index contributed by atoms with van der Waals surface area (Å²) in [7, 11) is 0. The molecule has 7 heteroatoms. The molecule has 2 amide bonds. The molecule has 3 N–H and O–H groups in total. The van der Waals surface area contributed by atoms with Crippen LogP contribution in [0.5, 0.6) is 0 Å². The normalized spacial score (nSPS) is 22.6. The minimum atomic E-state index is -1.72. The van der Waals surface area contributed by atoms with E-state index in [2.05, 4.69) is 0 Å². The first-order chi connectivity index (χ1) is 9.33. The maximum atomic E-state index is 13.4. The molecule has 1 atom stereocenters. The number of carbonyl (C=O) groups excluding carboxylic acids is 2. The molecule has 1 fully saturated rings. The zero-order valence-electron chi connectivity index (χ0n) is 10.6. The molecule has 0 aromatic heterocycles. The summed E-state index contributed by atoms with van der Waals surface area (Å²) in [4.78, 5) is 24.8. The van der Waals surface area contributed by atoms with Crippen molar-refractivity contribution in [2.24, 2.45) is 5.73 Å². The summed E-state index contributed by atoms with van der Waals surface area (Å²) >= 11 is 5.56. The number of likely N-dealkylation sites (tertiary alicyclic amines) is 1. The van der Waals surface area contributed by atoms with Crippen molar-refractivity contribution in [3.8, 4) is 0 Å². The van der Waals surface area contributed by atoms with Crippen molar-refractivity contribution in [2.75, 3.05) is 13.1 Å². The van der Waals surface area contributed by atoms with E-state index in [1.807, 2.05) is 0 Å². The van der Waals surface area contributed by atoms with Crippen LogP contribution in [0.25, 0.3) is 0 Å². The fourth-order valence-corrected chi connectivity index (χ4v) is 2.34. The molecule has 0 radical (unpaired) electrons. The highest BCUT2D eigenvalue weighted by Gasteiger charge is 2.40. The van der Waals surface area contributed by atoms with E-state index >= 15 is 0 Å². The van der Waals surface area contributed by atoms with Crippen molar-refractivity contribution in [2.45, 2.75) is 18.4 Å². The van der Waals surface area contributed by atoms with Crippen LogP contribution in [0.4, 0.5) is 4.39 Å². The van der Waals surface area contributed by atoms with Crippen molar-refractivity contribution in [1.29, 1.82) is 0 Å². The van der Waals surface area contributed by atoms with Gasteiger partial charge in [0.05, 0.1) is 11.6 Å². The highest BCUT2D eigenvalue weighted by molar-refractivity contribution is 6.30. The van der Waals surface area contributed by atoms with Gasteiger partial charge in [0.1, 0.15) is 5.82 Å². The fraction of sp³-hybridized carbons (Fsp3) is 0.385. The molecule has 1 aliphatic heterocycles. The molecule has 20 heavy (non-hydrogen) atoms. The van der Waals surface area contributed by atoms with Crippen molar-refractivity contribution >= 4 is 23.4 Å². The molecule has 0 bridgehead atoms. The molecular weight excluding hydrogens is 287 g/mol. The van der Waals surface area contributed by atoms with E-state index in [0.29, 0.717) is 13.0 Å². The number of amides is 2. The van der Waals surface area contributed by atoms with Crippen LogP contribution in [0.2, 0.25) is 5.02 Å². The summed E-state index contributed by atoms with van der Waals surface area (Å²) in [6.07, 6.45) is 0.655. The van der Waals surface area contributed by atoms with Crippen LogP contribution in [-0.4, -0.2) is 40.5 Å². The summed E-state index contributed by atoms with van der Waals surface area (Å²) in [5.41, 5.74) is 3.53. The van der Waals surface area contributed by atoms with Gasteiger partial charge in [-0.05, 0) is 31.0 Å². The van der Waals surface area contributed by atoms with Crippen LogP contribution in [-0.2, 0) is 4.79 Å². The van der Waals surface area contributed by atoms with Crippen molar-refractivity contribution in [3.05, 3.63) is 34.6 Å². The highest BCUT2D eigenvalue weighted by Crippen LogP contribution is 2.23. The number of piperidine rings is 1. The van der Waals surface area contributed by atoms with Crippen LogP contribution in [0.3, 0.4) is 0 Å². The molecule has 1 aliphatic rings. The summed E-state index contributed by atoms with van der Waals surface area (Å²) in [6.45, 7) is 0.185. The van der Waals surface area contributed by atoms with Gasteiger partial charge in [-0.3, -0.25) is 9.59 Å². The maximum Gasteiger partial charge on any atom is 0.254 e. The average molecular weight is 301 g/mol. The van der Waals surface area contributed by atoms with Gasteiger partial charge in [-0.15, -0.1) is 0 Å². The first-order valence-corrected chi connectivity index (χ1v) is 6.48. The molecular formula is C13H14ClFN2O3. The van der Waals surface area contributed by atoms with Gasteiger partial charge in [0.15, 0.2) is 5.60 Å². The molecule has 1 aromatic rings. The monoisotopic (exact) mass is 300 g/mol. The Kier molecular flexibility index (Phi) is 3.96. The maximum absolute atomic E-state index is 13.4. The lowest BCUT2D eigenvalue weighted by atomic mass is 9.92. The van der Waals surface area contributed by atoms with E-state index in [9.17, 15) is 19.1 Å². The summed E-state index contributed by atoms with van der Waals surface area (Å²) < 4.78 is 13.4. The Morgan fingerprint density at radius 2 is 2.15 bits per heavy atom. The molecule has 0 aliphatic carbocycles. The van der Waals surface area contributed by atoms with Gasteiger partial charge in [0.25, 0.3) is 11.8 Å². The molecule has 1 saturated heterocycles. The third-order valence-electron chi connectivity index (χ3n) is 3.38. The quantitative estimate of drug-likeness (QED) is 0.852. The molecule has 1 aromatic carbocycles. The Morgan fingerprint density at radius 3 is 2.75 bits per heavy atom. The number of benzene rings is 1. The lowest BCUT2D eigenvalue weighted by Crippen LogP contribution is -2.57. The first kappa shape index (κ1) is 14.7. The Balaban J connectivity index is 2.20. The van der Waals surface area contributed by atoms with E-state index in [4.69, 9.17) is 17.3 Å². The number of primary amides is 1. The van der Waals surface area contributed by atoms with Crippen LogP contribution in [0.1, 0.15) is 23.2 Å². The van der Waals surface area contributed by atoms with Crippen LogP contribution in [0, 0.1) is 5.82 Å².